The number of rotatable bonds is 2. The molecule has 1 heterocycles. The monoisotopic (exact) mass is 225 g/mol. The number of fused-ring (bicyclic) bond motifs is 1. The Morgan fingerprint density at radius 3 is 2.59 bits per heavy atom. The highest BCUT2D eigenvalue weighted by molar-refractivity contribution is 5.32. The molecule has 1 N–H and O–H groups in total. The second-order valence-corrected chi connectivity index (χ2v) is 5.17. The Morgan fingerprint density at radius 2 is 1.82 bits per heavy atom. The molecule has 0 saturated carbocycles. The van der Waals surface area contributed by atoms with Crippen molar-refractivity contribution in [3.8, 4) is 0 Å². The van der Waals surface area contributed by atoms with Gasteiger partial charge in [-0.2, -0.15) is 0 Å². The minimum Gasteiger partial charge on any atom is -0.362 e. The van der Waals surface area contributed by atoms with E-state index >= 15 is 0 Å². The minimum atomic E-state index is 1.03. The first-order valence-corrected chi connectivity index (χ1v) is 6.56. The van der Waals surface area contributed by atoms with Crippen molar-refractivity contribution in [2.45, 2.75) is 39.0 Å². The van der Waals surface area contributed by atoms with E-state index in [2.05, 4.69) is 42.2 Å². The van der Waals surface area contributed by atoms with Gasteiger partial charge >= 0.3 is 0 Å². The summed E-state index contributed by atoms with van der Waals surface area (Å²) in [5.41, 5.74) is 7.14. The summed E-state index contributed by atoms with van der Waals surface area (Å²) in [5, 5.41) is 0. The molecule has 0 saturated heterocycles. The third-order valence-corrected chi connectivity index (χ3v) is 3.69. The summed E-state index contributed by atoms with van der Waals surface area (Å²) in [6.45, 7) is 2.14. The van der Waals surface area contributed by atoms with E-state index in [9.17, 15) is 0 Å². The minimum absolute atomic E-state index is 1.03. The predicted molar refractivity (Wildman–Crippen MR) is 71.4 cm³/mol. The van der Waals surface area contributed by atoms with Crippen LogP contribution in [0, 0.1) is 6.92 Å². The maximum atomic E-state index is 3.60. The first-order valence-electron chi connectivity index (χ1n) is 6.56. The summed E-state index contributed by atoms with van der Waals surface area (Å²) in [6.07, 6.45) is 6.24. The third kappa shape index (κ3) is 2.28. The van der Waals surface area contributed by atoms with Gasteiger partial charge in [0.25, 0.3) is 0 Å². The van der Waals surface area contributed by atoms with Gasteiger partial charge in [0.1, 0.15) is 0 Å². The van der Waals surface area contributed by atoms with Gasteiger partial charge in [-0.25, -0.2) is 0 Å². The highest BCUT2D eigenvalue weighted by atomic mass is 14.7. The van der Waals surface area contributed by atoms with Crippen LogP contribution in [0.25, 0.3) is 0 Å². The predicted octanol–water partition coefficient (Wildman–Crippen LogP) is 3.79. The van der Waals surface area contributed by atoms with E-state index in [1.165, 1.54) is 48.2 Å². The Labute approximate surface area is 103 Å². The van der Waals surface area contributed by atoms with Crippen LogP contribution in [0.1, 0.15) is 40.9 Å². The van der Waals surface area contributed by atoms with Crippen LogP contribution in [-0.4, -0.2) is 4.98 Å². The van der Waals surface area contributed by atoms with Crippen LogP contribution in [0.15, 0.2) is 30.3 Å². The van der Waals surface area contributed by atoms with Crippen molar-refractivity contribution in [3.05, 3.63) is 58.4 Å². The summed E-state index contributed by atoms with van der Waals surface area (Å²) in [5.74, 6) is 0. The first-order chi connectivity index (χ1) is 8.31. The molecule has 1 aromatic heterocycles. The number of H-pyrrole nitrogens is 1. The van der Waals surface area contributed by atoms with Gasteiger partial charge in [0.05, 0.1) is 0 Å². The lowest BCUT2D eigenvalue weighted by molar-refractivity contribution is 0.676. The van der Waals surface area contributed by atoms with Crippen molar-refractivity contribution in [2.24, 2.45) is 0 Å². The molecule has 0 aliphatic heterocycles. The fourth-order valence-electron chi connectivity index (χ4n) is 2.69. The highest BCUT2D eigenvalue weighted by Gasteiger charge is 2.12. The molecule has 0 fully saturated rings. The quantitative estimate of drug-likeness (QED) is 0.800. The van der Waals surface area contributed by atoms with E-state index in [1.54, 1.807) is 5.56 Å². The zero-order valence-corrected chi connectivity index (χ0v) is 10.4. The van der Waals surface area contributed by atoms with E-state index in [0.29, 0.717) is 0 Å². The molecule has 0 bridgehead atoms. The van der Waals surface area contributed by atoms with Crippen molar-refractivity contribution in [1.82, 2.24) is 4.98 Å². The normalized spacial score (nSPS) is 14.6. The van der Waals surface area contributed by atoms with Crippen molar-refractivity contribution in [2.75, 3.05) is 0 Å². The van der Waals surface area contributed by atoms with Crippen molar-refractivity contribution >= 4 is 0 Å². The summed E-state index contributed by atoms with van der Waals surface area (Å²) in [4.78, 5) is 3.60. The molecule has 2 aromatic rings. The van der Waals surface area contributed by atoms with Crippen LogP contribution < -0.4 is 0 Å². The maximum absolute atomic E-state index is 3.60. The molecular formula is C16H19N. The molecular weight excluding hydrogens is 206 g/mol. The smallest absolute Gasteiger partial charge is 0.0196 e. The lowest BCUT2D eigenvalue weighted by atomic mass is 9.98. The summed E-state index contributed by atoms with van der Waals surface area (Å²) < 4.78 is 0. The Bertz CT molecular complexity index is 481. The van der Waals surface area contributed by atoms with E-state index in [1.807, 2.05) is 0 Å². The number of aryl methyl sites for hydroxylation is 3. The highest BCUT2D eigenvalue weighted by Crippen LogP contribution is 2.22. The molecule has 1 aliphatic carbocycles. The van der Waals surface area contributed by atoms with Gasteiger partial charge in [-0.15, -0.1) is 0 Å². The van der Waals surface area contributed by atoms with Crippen LogP contribution in [-0.2, 0) is 19.3 Å². The van der Waals surface area contributed by atoms with Crippen LogP contribution in [0.4, 0.5) is 0 Å². The van der Waals surface area contributed by atoms with Gasteiger partial charge in [0, 0.05) is 17.8 Å². The molecule has 0 spiro atoms. The average molecular weight is 225 g/mol. The molecule has 1 aromatic carbocycles. The Kier molecular flexibility index (Phi) is 2.76. The van der Waals surface area contributed by atoms with E-state index in [0.717, 1.165) is 6.42 Å². The lowest BCUT2D eigenvalue weighted by Gasteiger charge is -2.09. The molecule has 0 amide bonds. The fourth-order valence-corrected chi connectivity index (χ4v) is 2.69. The number of nitrogens with one attached hydrogen (secondary N) is 1. The van der Waals surface area contributed by atoms with Crippen LogP contribution in [0.5, 0.6) is 0 Å². The summed E-state index contributed by atoms with van der Waals surface area (Å²) in [6, 6.07) is 11.2. The second kappa shape index (κ2) is 4.40. The Balaban J connectivity index is 1.80. The van der Waals surface area contributed by atoms with E-state index in [-0.39, 0.29) is 0 Å². The zero-order valence-electron chi connectivity index (χ0n) is 10.4. The molecule has 0 unspecified atom stereocenters. The SMILES string of the molecule is Cc1ccc(Cc2cc3c([nH]2)CCCC3)cc1. The number of hydrogen-bond donors (Lipinski definition) is 1. The van der Waals surface area contributed by atoms with Crippen LogP contribution in [0.3, 0.4) is 0 Å². The molecule has 1 nitrogen and oxygen atoms in total. The summed E-state index contributed by atoms with van der Waals surface area (Å²) >= 11 is 0. The van der Waals surface area contributed by atoms with Crippen LogP contribution in [0.2, 0.25) is 0 Å². The molecule has 3 rings (SSSR count). The topological polar surface area (TPSA) is 15.8 Å². The van der Waals surface area contributed by atoms with Gasteiger partial charge in [0.2, 0.25) is 0 Å². The molecule has 88 valence electrons. The summed E-state index contributed by atoms with van der Waals surface area (Å²) in [7, 11) is 0. The van der Waals surface area contributed by atoms with Crippen molar-refractivity contribution in [1.29, 1.82) is 0 Å². The Hall–Kier alpha value is -1.50. The standard InChI is InChI=1S/C16H19N/c1-12-6-8-13(9-7-12)10-15-11-14-4-2-3-5-16(14)17-15/h6-9,11,17H,2-5,10H2,1H3. The second-order valence-electron chi connectivity index (χ2n) is 5.17. The maximum Gasteiger partial charge on any atom is 0.0196 e. The van der Waals surface area contributed by atoms with Crippen molar-refractivity contribution < 1.29 is 0 Å². The van der Waals surface area contributed by atoms with Gasteiger partial charge in [-0.1, -0.05) is 29.8 Å². The van der Waals surface area contributed by atoms with Gasteiger partial charge < -0.3 is 4.98 Å². The lowest BCUT2D eigenvalue weighted by Crippen LogP contribution is -1.99. The largest absolute Gasteiger partial charge is 0.362 e. The Morgan fingerprint density at radius 1 is 1.06 bits per heavy atom. The number of benzene rings is 1. The fraction of sp³-hybridized carbons (Fsp3) is 0.375. The van der Waals surface area contributed by atoms with Crippen LogP contribution >= 0.6 is 0 Å². The molecule has 17 heavy (non-hydrogen) atoms. The number of aromatic nitrogens is 1. The molecule has 0 radical (unpaired) electrons. The zero-order chi connectivity index (χ0) is 11.7. The first kappa shape index (κ1) is 10.6. The van der Waals surface area contributed by atoms with Crippen molar-refractivity contribution in [3.63, 3.8) is 0 Å². The van der Waals surface area contributed by atoms with Gasteiger partial charge in [-0.3, -0.25) is 0 Å². The number of aromatic amines is 1. The van der Waals surface area contributed by atoms with E-state index < -0.39 is 0 Å². The van der Waals surface area contributed by atoms with Gasteiger partial charge in [0.15, 0.2) is 0 Å². The molecule has 1 heteroatoms. The third-order valence-electron chi connectivity index (χ3n) is 3.69. The average Bonchev–Trinajstić information content (AvgIpc) is 2.74. The molecule has 1 aliphatic rings. The number of hydrogen-bond acceptors (Lipinski definition) is 0. The van der Waals surface area contributed by atoms with Gasteiger partial charge in [-0.05, 0) is 49.8 Å². The van der Waals surface area contributed by atoms with E-state index in [4.69, 9.17) is 0 Å². The molecule has 0 atom stereocenters.